The summed E-state index contributed by atoms with van der Waals surface area (Å²) >= 11 is 1.57. The van der Waals surface area contributed by atoms with Crippen molar-refractivity contribution in [2.45, 2.75) is 91.4 Å². The molecule has 5 heterocycles. The molecule has 0 spiro atoms. The van der Waals surface area contributed by atoms with Crippen LogP contribution in [0.5, 0.6) is 17.2 Å². The molecule has 19 nitrogen and oxygen atoms in total. The first-order valence-corrected chi connectivity index (χ1v) is 24.8. The number of fused-ring (bicyclic) bond motifs is 1. The number of likely N-dealkylation sites (tertiary alicyclic amines) is 1. The fourth-order valence-corrected chi connectivity index (χ4v) is 9.44. The van der Waals surface area contributed by atoms with Gasteiger partial charge in [-0.15, -0.1) is 11.3 Å². The number of nitrogens with two attached hydrogens (primary N) is 1. The van der Waals surface area contributed by atoms with Crippen LogP contribution in [0, 0.1) is 12.3 Å². The minimum atomic E-state index is -0.970. The lowest BCUT2D eigenvalue weighted by atomic mass is 9.85. The Balaban J connectivity index is 0.792. The number of aliphatic hydroxyl groups is 1. The standard InChI is InChI=1S/C53H61N11O8S/c1-32-47(73-31-58-32)36-14-9-33(10-15-36)23-57-50(68)42-22-39(65)28-63(42)51(69)48(53(2,3)4)61-45(66)8-7-19-55-46(67)29-62-27-38(25-59-62)37-21-41-49(56-24-37)64(52(54)60-41)26-35-13-18-43(44(20-35)71-6)72-30-34-11-16-40(70-5)17-12-34/h9-18,20-21,24-25,27,31,39,42,48,65H,7-8,19,22-23,26,28-30H2,1-6H3,(H2,54,60)(H,55,67)(H,57,68)(H,61,66)/t39-,42+,48-/m1/s1. The molecule has 8 rings (SSSR count). The number of carbonyl (C=O) groups is 4. The van der Waals surface area contributed by atoms with Crippen molar-refractivity contribution < 1.29 is 38.5 Å². The van der Waals surface area contributed by atoms with Gasteiger partial charge in [-0.1, -0.05) is 63.2 Å². The number of amides is 4. The van der Waals surface area contributed by atoms with Crippen molar-refractivity contribution in [2.75, 3.05) is 33.0 Å². The summed E-state index contributed by atoms with van der Waals surface area (Å²) in [6, 6.07) is 21.2. The van der Waals surface area contributed by atoms with E-state index in [1.54, 1.807) is 44.1 Å². The van der Waals surface area contributed by atoms with Gasteiger partial charge < -0.3 is 45.9 Å². The number of benzene rings is 3. The number of ether oxygens (including phenoxy) is 3. The second kappa shape index (κ2) is 22.7. The van der Waals surface area contributed by atoms with Crippen molar-refractivity contribution in [1.82, 2.24) is 50.1 Å². The van der Waals surface area contributed by atoms with Gasteiger partial charge in [-0.2, -0.15) is 5.10 Å². The molecule has 0 saturated carbocycles. The average molecular weight is 1010 g/mol. The molecule has 73 heavy (non-hydrogen) atoms. The van der Waals surface area contributed by atoms with Crippen molar-refractivity contribution in [3.8, 4) is 38.8 Å². The summed E-state index contributed by atoms with van der Waals surface area (Å²) in [5.74, 6) is 0.736. The van der Waals surface area contributed by atoms with Crippen LogP contribution in [0.3, 0.4) is 0 Å². The fourth-order valence-electron chi connectivity index (χ4n) is 8.63. The van der Waals surface area contributed by atoms with E-state index in [0.29, 0.717) is 48.2 Å². The van der Waals surface area contributed by atoms with Crippen molar-refractivity contribution in [2.24, 2.45) is 5.41 Å². The van der Waals surface area contributed by atoms with E-state index in [1.807, 2.05) is 111 Å². The van der Waals surface area contributed by atoms with Crippen LogP contribution in [0.2, 0.25) is 0 Å². The SMILES string of the molecule is COc1ccc(COc2ccc(Cn3c(N)nc4cc(-c5cnn(CC(=O)NCCCC(=O)N[C@H](C(=O)N6C[C@H](O)C[C@H]6C(=O)NCc6ccc(-c7scnc7C)cc6)C(C)(C)C)c5)cnc43)cc2OC)cc1. The molecule has 1 fully saturated rings. The lowest BCUT2D eigenvalue weighted by Crippen LogP contribution is -2.57. The largest absolute Gasteiger partial charge is 0.497 e. The van der Waals surface area contributed by atoms with Gasteiger partial charge >= 0.3 is 0 Å². The maximum atomic E-state index is 14.1. The Labute approximate surface area is 427 Å². The number of nitrogens with zero attached hydrogens (tertiary/aromatic N) is 7. The monoisotopic (exact) mass is 1010 g/mol. The number of aromatic nitrogens is 6. The van der Waals surface area contributed by atoms with Gasteiger partial charge in [-0.05, 0) is 71.3 Å². The van der Waals surface area contributed by atoms with E-state index in [-0.39, 0.29) is 56.7 Å². The van der Waals surface area contributed by atoms with Crippen LogP contribution in [-0.2, 0) is 45.4 Å². The molecule has 4 amide bonds. The Hall–Kier alpha value is -7.84. The molecule has 0 radical (unpaired) electrons. The highest BCUT2D eigenvalue weighted by molar-refractivity contribution is 7.13. The van der Waals surface area contributed by atoms with Crippen LogP contribution < -0.4 is 35.9 Å². The second-order valence-electron chi connectivity index (χ2n) is 19.1. The van der Waals surface area contributed by atoms with Gasteiger partial charge in [-0.3, -0.25) is 28.4 Å². The molecule has 3 atom stereocenters. The Bertz CT molecular complexity index is 3070. The highest BCUT2D eigenvalue weighted by Crippen LogP contribution is 2.32. The number of hydrogen-bond donors (Lipinski definition) is 5. The third-order valence-corrected chi connectivity index (χ3v) is 13.6. The molecule has 6 N–H and O–H groups in total. The molecule has 1 saturated heterocycles. The first-order chi connectivity index (χ1) is 35.1. The number of thiazole rings is 1. The predicted molar refractivity (Wildman–Crippen MR) is 276 cm³/mol. The van der Waals surface area contributed by atoms with E-state index in [9.17, 15) is 24.3 Å². The smallest absolute Gasteiger partial charge is 0.246 e. The van der Waals surface area contributed by atoms with Crippen molar-refractivity contribution in [1.29, 1.82) is 0 Å². The zero-order valence-electron chi connectivity index (χ0n) is 41.8. The number of imidazole rings is 1. The molecule has 20 heteroatoms. The number of methoxy groups -OCH3 is 2. The van der Waals surface area contributed by atoms with Crippen molar-refractivity contribution in [3.63, 3.8) is 0 Å². The predicted octanol–water partition coefficient (Wildman–Crippen LogP) is 5.66. The van der Waals surface area contributed by atoms with Crippen LogP contribution in [0.15, 0.2) is 96.9 Å². The summed E-state index contributed by atoms with van der Waals surface area (Å²) in [4.78, 5) is 69.8. The van der Waals surface area contributed by atoms with E-state index in [0.717, 1.165) is 49.7 Å². The topological polar surface area (TPSA) is 243 Å². The number of β-amino-alcohol motifs (C(OH)–C–C–N with tert-alkyl or cyclic N) is 1. The van der Waals surface area contributed by atoms with Gasteiger partial charge in [0.25, 0.3) is 0 Å². The lowest BCUT2D eigenvalue weighted by Gasteiger charge is -2.35. The van der Waals surface area contributed by atoms with Crippen LogP contribution in [0.25, 0.3) is 32.7 Å². The van der Waals surface area contributed by atoms with Gasteiger partial charge in [0.2, 0.25) is 29.6 Å². The maximum Gasteiger partial charge on any atom is 0.246 e. The zero-order chi connectivity index (χ0) is 51.8. The fraction of sp³-hybridized carbons (Fsp3) is 0.358. The van der Waals surface area contributed by atoms with E-state index >= 15 is 0 Å². The minimum absolute atomic E-state index is 0.0309. The molecule has 7 aromatic rings. The summed E-state index contributed by atoms with van der Waals surface area (Å²) in [5, 5.41) is 23.6. The molecule has 0 unspecified atom stereocenters. The Morgan fingerprint density at radius 1 is 0.877 bits per heavy atom. The zero-order valence-corrected chi connectivity index (χ0v) is 42.6. The summed E-state index contributed by atoms with van der Waals surface area (Å²) < 4.78 is 20.3. The van der Waals surface area contributed by atoms with E-state index in [4.69, 9.17) is 24.9 Å². The molecule has 0 bridgehead atoms. The van der Waals surface area contributed by atoms with E-state index in [1.165, 1.54) is 9.58 Å². The summed E-state index contributed by atoms with van der Waals surface area (Å²) in [6.07, 6.45) is 4.63. The minimum Gasteiger partial charge on any atom is -0.497 e. The third kappa shape index (κ3) is 12.6. The summed E-state index contributed by atoms with van der Waals surface area (Å²) in [7, 11) is 3.22. The highest BCUT2D eigenvalue weighted by atomic mass is 32.1. The van der Waals surface area contributed by atoms with Gasteiger partial charge in [0, 0.05) is 56.0 Å². The van der Waals surface area contributed by atoms with Crippen molar-refractivity contribution in [3.05, 3.63) is 119 Å². The number of nitrogen functional groups attached to an aromatic ring is 1. The number of hydrogen-bond acceptors (Lipinski definition) is 14. The van der Waals surface area contributed by atoms with Crippen LogP contribution in [0.4, 0.5) is 5.95 Å². The highest BCUT2D eigenvalue weighted by Gasteiger charge is 2.44. The summed E-state index contributed by atoms with van der Waals surface area (Å²) in [5.41, 5.74) is 14.9. The van der Waals surface area contributed by atoms with Crippen LogP contribution in [-0.4, -0.2) is 108 Å². The molecular weight excluding hydrogens is 951 g/mol. The molecular formula is C53H61N11O8S. The molecule has 382 valence electrons. The van der Waals surface area contributed by atoms with Crippen molar-refractivity contribution >= 4 is 52.1 Å². The molecule has 4 aromatic heterocycles. The second-order valence-corrected chi connectivity index (χ2v) is 19.9. The molecule has 0 aliphatic carbocycles. The quantitative estimate of drug-likeness (QED) is 0.0580. The number of pyridine rings is 1. The number of anilines is 1. The van der Waals surface area contributed by atoms with Crippen LogP contribution in [0.1, 0.15) is 62.4 Å². The summed E-state index contributed by atoms with van der Waals surface area (Å²) in [6.45, 7) is 8.56. The Kier molecular flexibility index (Phi) is 16.0. The first-order valence-electron chi connectivity index (χ1n) is 24.0. The molecule has 1 aliphatic rings. The lowest BCUT2D eigenvalue weighted by molar-refractivity contribution is -0.144. The van der Waals surface area contributed by atoms with Gasteiger partial charge in [0.05, 0.1) is 49.1 Å². The Morgan fingerprint density at radius 3 is 2.34 bits per heavy atom. The average Bonchev–Trinajstić information content (AvgIpc) is 4.19. The maximum absolute atomic E-state index is 14.1. The van der Waals surface area contributed by atoms with Gasteiger partial charge in [0.15, 0.2) is 17.1 Å². The number of rotatable bonds is 20. The molecule has 3 aromatic carbocycles. The molecule has 1 aliphatic heterocycles. The number of carbonyl (C=O) groups excluding carboxylic acids is 4. The van der Waals surface area contributed by atoms with Gasteiger partial charge in [-0.25, -0.2) is 15.0 Å². The first kappa shape index (κ1) is 51.5. The van der Waals surface area contributed by atoms with E-state index in [2.05, 4.69) is 31.0 Å². The van der Waals surface area contributed by atoms with Gasteiger partial charge in [0.1, 0.15) is 36.5 Å². The van der Waals surface area contributed by atoms with Crippen LogP contribution >= 0.6 is 11.3 Å². The third-order valence-electron chi connectivity index (χ3n) is 12.6. The number of aliphatic hydroxyl groups excluding tert-OH is 1. The Morgan fingerprint density at radius 2 is 1.63 bits per heavy atom. The van der Waals surface area contributed by atoms with E-state index < -0.39 is 29.5 Å². The number of nitrogens with one attached hydrogen (secondary N) is 3. The normalized spacial score (nSPS) is 15.0. The number of aryl methyl sites for hydroxylation is 1.